The highest BCUT2D eigenvalue weighted by atomic mass is 79.9. The first kappa shape index (κ1) is 46.2. The molecule has 340 valence electrons. The van der Waals surface area contributed by atoms with Crippen molar-refractivity contribution in [1.82, 2.24) is 61.0 Å². The van der Waals surface area contributed by atoms with Crippen molar-refractivity contribution in [1.29, 1.82) is 0 Å². The predicted octanol–water partition coefficient (Wildman–Crippen LogP) is 8.02. The zero-order chi connectivity index (χ0) is 45.9. The number of rotatable bonds is 7. The van der Waals surface area contributed by atoms with Crippen molar-refractivity contribution in [3.8, 4) is 11.4 Å². The van der Waals surface area contributed by atoms with E-state index in [1.807, 2.05) is 66.8 Å². The third kappa shape index (κ3) is 11.6. The van der Waals surface area contributed by atoms with Crippen LogP contribution in [0.5, 0.6) is 0 Å². The van der Waals surface area contributed by atoms with Gasteiger partial charge in [-0.2, -0.15) is 5.10 Å². The van der Waals surface area contributed by atoms with Crippen LogP contribution in [0.25, 0.3) is 44.6 Å². The van der Waals surface area contributed by atoms with Crippen LogP contribution in [0.3, 0.4) is 0 Å². The molecule has 20 heteroatoms. The second-order valence-corrected chi connectivity index (χ2v) is 19.5. The van der Waals surface area contributed by atoms with Crippen molar-refractivity contribution in [2.45, 2.75) is 128 Å². The van der Waals surface area contributed by atoms with E-state index in [0.29, 0.717) is 67.3 Å². The van der Waals surface area contributed by atoms with Crippen LogP contribution in [0.1, 0.15) is 114 Å². The van der Waals surface area contributed by atoms with Crippen LogP contribution in [0.2, 0.25) is 5.02 Å². The van der Waals surface area contributed by atoms with Gasteiger partial charge in [0.2, 0.25) is 0 Å². The fraction of sp³-hybridized carbons (Fsp3) is 0.477. The fourth-order valence-corrected chi connectivity index (χ4v) is 8.47. The standard InChI is InChI=1S/C26H30ClN7O3.C18H24BrN5O3/c1-26(2,3)37-25(36)31-16-7-5-6-15(11-16)30-24(35)18-12-28-23-22(18)32-19(13-29-23)21-17-9-8-14(27)10-20(17)34(4)33-21;1-18(2,3)27-17(26)23-11-6-4-5-10(7-11)22-16(25)12-8-20-15-14(12)24-13(19)9-21-15/h8-10,12-13,15-16H,5-7,11H2,1-4H3,(H,28,29)(H,30,35)(H,31,36);8-11H,4-7H2,1-3H3,(H,20,21)(H,22,25)(H,23,26). The molecule has 18 nitrogen and oxygen atoms in total. The lowest BCUT2D eigenvalue weighted by Gasteiger charge is -2.31. The Bertz CT molecular complexity index is 2680. The summed E-state index contributed by atoms with van der Waals surface area (Å²) in [7, 11) is 1.85. The van der Waals surface area contributed by atoms with Crippen molar-refractivity contribution < 1.29 is 28.7 Å². The van der Waals surface area contributed by atoms with E-state index in [2.05, 4.69) is 67.2 Å². The summed E-state index contributed by atoms with van der Waals surface area (Å²) >= 11 is 9.44. The number of aryl methyl sites for hydroxylation is 1. The number of hydrogen-bond donors (Lipinski definition) is 6. The molecule has 5 heterocycles. The van der Waals surface area contributed by atoms with Crippen LogP contribution in [-0.2, 0) is 16.5 Å². The Hall–Kier alpha value is -5.82. The van der Waals surface area contributed by atoms with Gasteiger partial charge in [-0.05, 0) is 127 Å². The third-order valence-corrected chi connectivity index (χ3v) is 11.4. The Morgan fingerprint density at radius 3 is 1.73 bits per heavy atom. The molecular formula is C44H54BrClN12O6. The van der Waals surface area contributed by atoms with Crippen molar-refractivity contribution in [3.63, 3.8) is 0 Å². The number of aromatic amines is 2. The minimum Gasteiger partial charge on any atom is -0.444 e. The van der Waals surface area contributed by atoms with Gasteiger partial charge in [0.15, 0.2) is 11.3 Å². The van der Waals surface area contributed by atoms with Crippen LogP contribution in [0, 0.1) is 0 Å². The summed E-state index contributed by atoms with van der Waals surface area (Å²) in [4.78, 5) is 73.9. The van der Waals surface area contributed by atoms with Crippen molar-refractivity contribution >= 4 is 84.8 Å². The molecule has 64 heavy (non-hydrogen) atoms. The molecule has 2 aliphatic rings. The highest BCUT2D eigenvalue weighted by molar-refractivity contribution is 9.10. The molecule has 4 amide bonds. The molecule has 6 aromatic rings. The first-order chi connectivity index (χ1) is 30.3. The molecule has 5 aromatic heterocycles. The predicted molar refractivity (Wildman–Crippen MR) is 246 cm³/mol. The minimum absolute atomic E-state index is 0.0174. The molecule has 2 saturated carbocycles. The summed E-state index contributed by atoms with van der Waals surface area (Å²) < 4.78 is 13.0. The van der Waals surface area contributed by atoms with Gasteiger partial charge in [0.05, 0.1) is 29.0 Å². The van der Waals surface area contributed by atoms with Crippen molar-refractivity contribution in [2.24, 2.45) is 7.05 Å². The van der Waals surface area contributed by atoms with Gasteiger partial charge in [0.25, 0.3) is 11.8 Å². The van der Waals surface area contributed by atoms with Crippen LogP contribution < -0.4 is 21.3 Å². The molecule has 0 aliphatic heterocycles. The van der Waals surface area contributed by atoms with E-state index in [1.165, 1.54) is 0 Å². The molecule has 1 aromatic carbocycles. The first-order valence-electron chi connectivity index (χ1n) is 21.4. The normalized spacial score (nSPS) is 19.1. The summed E-state index contributed by atoms with van der Waals surface area (Å²) in [6.45, 7) is 11.0. The van der Waals surface area contributed by atoms with Gasteiger partial charge in [-0.1, -0.05) is 11.6 Å². The van der Waals surface area contributed by atoms with E-state index >= 15 is 0 Å². The summed E-state index contributed by atoms with van der Waals surface area (Å²) in [6.07, 6.45) is 12.1. The van der Waals surface area contributed by atoms with Crippen LogP contribution in [-0.4, -0.2) is 99.1 Å². The second kappa shape index (κ2) is 19.1. The summed E-state index contributed by atoms with van der Waals surface area (Å²) in [5, 5.41) is 18.1. The zero-order valence-electron chi connectivity index (χ0n) is 36.9. The SMILES string of the molecule is CC(C)(C)OC(=O)NC1CCCC(NC(=O)c2c[nH]c3ncc(Br)nc23)C1.Cn1nc(-c2cnc3[nH]cc(C(=O)NC4CCCC(NC(=O)OC(C)(C)C)C4)c3n2)c2ccc(Cl)cc21. The summed E-state index contributed by atoms with van der Waals surface area (Å²) in [5.74, 6) is -0.435. The third-order valence-electron chi connectivity index (χ3n) is 10.7. The minimum atomic E-state index is -0.559. The van der Waals surface area contributed by atoms with Crippen LogP contribution in [0.4, 0.5) is 9.59 Å². The Labute approximate surface area is 383 Å². The Kier molecular flexibility index (Phi) is 13.8. The number of H-pyrrole nitrogens is 2. The number of fused-ring (bicyclic) bond motifs is 3. The zero-order valence-corrected chi connectivity index (χ0v) is 39.2. The molecule has 4 atom stereocenters. The van der Waals surface area contributed by atoms with E-state index in [4.69, 9.17) is 26.1 Å². The Balaban J connectivity index is 0.000000201. The van der Waals surface area contributed by atoms with E-state index in [0.717, 1.165) is 49.4 Å². The highest BCUT2D eigenvalue weighted by Crippen LogP contribution is 2.30. The first-order valence-corrected chi connectivity index (χ1v) is 22.5. The number of ether oxygens (including phenoxy) is 2. The van der Waals surface area contributed by atoms with Gasteiger partial charge in [-0.3, -0.25) is 14.3 Å². The van der Waals surface area contributed by atoms with Gasteiger partial charge in [-0.25, -0.2) is 29.5 Å². The van der Waals surface area contributed by atoms with E-state index in [1.54, 1.807) is 29.5 Å². The lowest BCUT2D eigenvalue weighted by atomic mass is 9.91. The van der Waals surface area contributed by atoms with Gasteiger partial charge in [-0.15, -0.1) is 0 Å². The van der Waals surface area contributed by atoms with Gasteiger partial charge < -0.3 is 40.7 Å². The van der Waals surface area contributed by atoms with E-state index < -0.39 is 23.4 Å². The number of carbonyl (C=O) groups excluding carboxylic acids is 4. The average molecular weight is 962 g/mol. The highest BCUT2D eigenvalue weighted by Gasteiger charge is 2.29. The molecular weight excluding hydrogens is 908 g/mol. The Morgan fingerprint density at radius 2 is 1.22 bits per heavy atom. The maximum absolute atomic E-state index is 13.3. The maximum atomic E-state index is 13.3. The summed E-state index contributed by atoms with van der Waals surface area (Å²) in [6, 6.07) is 5.39. The lowest BCUT2D eigenvalue weighted by Crippen LogP contribution is -2.46. The maximum Gasteiger partial charge on any atom is 0.407 e. The smallest absolute Gasteiger partial charge is 0.407 e. The number of amides is 4. The molecule has 2 fully saturated rings. The number of nitrogens with one attached hydrogen (secondary N) is 6. The molecule has 0 saturated heterocycles. The molecule has 4 unspecified atom stereocenters. The summed E-state index contributed by atoms with van der Waals surface area (Å²) in [5.41, 5.74) is 3.98. The number of benzene rings is 1. The second-order valence-electron chi connectivity index (χ2n) is 18.2. The van der Waals surface area contributed by atoms with Crippen molar-refractivity contribution in [2.75, 3.05) is 0 Å². The van der Waals surface area contributed by atoms with Gasteiger partial charge in [0, 0.05) is 54.0 Å². The number of carbonyl (C=O) groups is 4. The number of halogens is 2. The van der Waals surface area contributed by atoms with Crippen molar-refractivity contribution in [3.05, 3.63) is 63.7 Å². The molecule has 2 aliphatic carbocycles. The average Bonchev–Trinajstić information content (AvgIpc) is 3.91. The molecule has 6 N–H and O–H groups in total. The van der Waals surface area contributed by atoms with E-state index in [-0.39, 0.29) is 36.0 Å². The largest absolute Gasteiger partial charge is 0.444 e. The number of nitrogens with zero attached hydrogens (tertiary/aromatic N) is 6. The Morgan fingerprint density at radius 1 is 0.734 bits per heavy atom. The monoisotopic (exact) mass is 960 g/mol. The lowest BCUT2D eigenvalue weighted by molar-refractivity contribution is 0.0475. The van der Waals surface area contributed by atoms with Gasteiger partial charge in [0.1, 0.15) is 38.2 Å². The molecule has 8 rings (SSSR count). The quantitative estimate of drug-likeness (QED) is 0.0896. The molecule has 0 radical (unpaired) electrons. The molecule has 0 bridgehead atoms. The van der Waals surface area contributed by atoms with E-state index in [9.17, 15) is 19.2 Å². The fourth-order valence-electron chi connectivity index (χ4n) is 8.02. The van der Waals surface area contributed by atoms with Gasteiger partial charge >= 0.3 is 12.2 Å². The van der Waals surface area contributed by atoms with Crippen LogP contribution >= 0.6 is 27.5 Å². The number of aromatic nitrogens is 8. The number of alkyl carbamates (subject to hydrolysis) is 2. The molecule has 0 spiro atoms. The van der Waals surface area contributed by atoms with Crippen LogP contribution in [0.15, 0.2) is 47.6 Å². The number of hydrogen-bond acceptors (Lipinski definition) is 11. The topological polar surface area (TPSA) is 236 Å².